The first-order valence-electron chi connectivity index (χ1n) is 11.6. The molecule has 9 heteroatoms. The van der Waals surface area contributed by atoms with Gasteiger partial charge in [-0.05, 0) is 61.2 Å². The van der Waals surface area contributed by atoms with Gasteiger partial charge in [-0.15, -0.1) is 0 Å². The summed E-state index contributed by atoms with van der Waals surface area (Å²) in [6, 6.07) is 17.4. The molecule has 0 radical (unpaired) electrons. The molecule has 0 aliphatic heterocycles. The molecular weight excluding hydrogens is 467 g/mol. The molecule has 0 aliphatic rings. The highest BCUT2D eigenvalue weighted by Gasteiger charge is 2.11. The van der Waals surface area contributed by atoms with Gasteiger partial charge >= 0.3 is 0 Å². The van der Waals surface area contributed by atoms with E-state index in [1.54, 1.807) is 24.1 Å². The molecule has 0 saturated carbocycles. The van der Waals surface area contributed by atoms with Gasteiger partial charge in [0.25, 0.3) is 0 Å². The van der Waals surface area contributed by atoms with E-state index >= 15 is 0 Å². The van der Waals surface area contributed by atoms with Crippen LogP contribution in [0.1, 0.15) is 36.9 Å². The summed E-state index contributed by atoms with van der Waals surface area (Å²) < 4.78 is 39.6. The topological polar surface area (TPSA) is 95.2 Å². The minimum Gasteiger partial charge on any atom is -0.346 e. The summed E-state index contributed by atoms with van der Waals surface area (Å²) in [5.74, 6) is -0.373. The second-order valence-corrected chi connectivity index (χ2v) is 9.96. The number of aromatic nitrogens is 2. The highest BCUT2D eigenvalue weighted by Crippen LogP contribution is 2.19. The number of hydrogen-bond donors (Lipinski definition) is 2. The van der Waals surface area contributed by atoms with Crippen LogP contribution in [0.5, 0.6) is 0 Å². The zero-order chi connectivity index (χ0) is 25.1. The number of halogens is 1. The average Bonchev–Trinajstić information content (AvgIpc) is 3.32. The number of carbonyl (C=O) groups excluding carboxylic acids is 1. The molecule has 7 nitrogen and oxygen atoms in total. The maximum absolute atomic E-state index is 13.1. The van der Waals surface area contributed by atoms with Crippen LogP contribution in [0, 0.1) is 5.82 Å². The molecule has 2 aromatic carbocycles. The Morgan fingerprint density at radius 2 is 1.83 bits per heavy atom. The second-order valence-electron chi connectivity index (χ2n) is 8.31. The van der Waals surface area contributed by atoms with Crippen molar-refractivity contribution in [2.75, 3.05) is 20.1 Å². The molecule has 1 amide bonds. The van der Waals surface area contributed by atoms with E-state index in [1.807, 2.05) is 36.4 Å². The molecule has 35 heavy (non-hydrogen) atoms. The van der Waals surface area contributed by atoms with Crippen molar-refractivity contribution >= 4 is 22.0 Å². The highest BCUT2D eigenvalue weighted by atomic mass is 32.2. The number of aryl methyl sites for hydroxylation is 1. The summed E-state index contributed by atoms with van der Waals surface area (Å²) in [5.41, 5.74) is 3.46. The molecule has 0 atom stereocenters. The summed E-state index contributed by atoms with van der Waals surface area (Å²) in [7, 11) is -1.86. The number of carbonyl (C=O) groups is 1. The first-order valence-corrected chi connectivity index (χ1v) is 13.1. The summed E-state index contributed by atoms with van der Waals surface area (Å²) in [6.45, 7) is 0.671. The molecule has 3 rings (SSSR count). The Labute approximate surface area is 206 Å². The van der Waals surface area contributed by atoms with Crippen LogP contribution in [-0.4, -0.2) is 49.6 Å². The molecule has 3 aromatic rings. The van der Waals surface area contributed by atoms with E-state index in [2.05, 4.69) is 14.9 Å². The number of hydrogen-bond acceptors (Lipinski definition) is 4. The fourth-order valence-corrected chi connectivity index (χ4v) is 4.31. The van der Waals surface area contributed by atoms with Crippen LogP contribution in [0.25, 0.3) is 17.3 Å². The fourth-order valence-electron chi connectivity index (χ4n) is 3.50. The summed E-state index contributed by atoms with van der Waals surface area (Å²) in [4.78, 5) is 13.9. The van der Waals surface area contributed by atoms with Gasteiger partial charge in [0.05, 0.1) is 5.69 Å². The number of unbranched alkanes of at least 4 members (excludes halogenated alkanes) is 2. The fraction of sp³-hybridized carbons (Fsp3) is 0.308. The number of nitrogens with zero attached hydrogens (tertiary/aromatic N) is 2. The molecule has 1 aromatic heterocycles. The van der Waals surface area contributed by atoms with Crippen molar-refractivity contribution < 1.29 is 17.6 Å². The van der Waals surface area contributed by atoms with Gasteiger partial charge in [-0.1, -0.05) is 36.8 Å². The maximum Gasteiger partial charge on any atom is 0.233 e. The Bertz CT molecular complexity index is 1210. The number of rotatable bonds is 13. The number of nitrogens with one attached hydrogen (secondary N) is 2. The van der Waals surface area contributed by atoms with Gasteiger partial charge in [0.15, 0.2) is 0 Å². The molecular formula is C26H31FN4O3S. The largest absolute Gasteiger partial charge is 0.346 e. The van der Waals surface area contributed by atoms with Gasteiger partial charge in [-0.2, -0.15) is 5.10 Å². The number of amides is 1. The lowest BCUT2D eigenvalue weighted by molar-refractivity contribution is -0.129. The zero-order valence-electron chi connectivity index (χ0n) is 19.8. The first kappa shape index (κ1) is 26.3. The van der Waals surface area contributed by atoms with Gasteiger partial charge in [-0.25, -0.2) is 17.5 Å². The monoisotopic (exact) mass is 498 g/mol. The van der Waals surface area contributed by atoms with E-state index in [0.29, 0.717) is 6.54 Å². The molecule has 0 fully saturated rings. The van der Waals surface area contributed by atoms with Gasteiger partial charge in [0.1, 0.15) is 5.82 Å². The van der Waals surface area contributed by atoms with Crippen molar-refractivity contribution in [2.24, 2.45) is 0 Å². The predicted octanol–water partition coefficient (Wildman–Crippen LogP) is 4.37. The summed E-state index contributed by atoms with van der Waals surface area (Å²) in [5, 5.41) is 8.42. The van der Waals surface area contributed by atoms with Crippen molar-refractivity contribution in [3.8, 4) is 11.3 Å². The van der Waals surface area contributed by atoms with Gasteiger partial charge in [-0.3, -0.25) is 9.89 Å². The van der Waals surface area contributed by atoms with Crippen LogP contribution in [0.4, 0.5) is 4.39 Å². The van der Waals surface area contributed by atoms with Gasteiger partial charge in [0.2, 0.25) is 15.9 Å². The molecule has 0 spiro atoms. The minimum absolute atomic E-state index is 0.0564. The van der Waals surface area contributed by atoms with E-state index in [-0.39, 0.29) is 24.7 Å². The standard InChI is InChI=1S/C26H31FN4O3S/c1-31(26(32)15-17-28-35(33,34)19-16-21-8-4-2-5-9-21)18-7-3-6-10-24-20-25(30-29-24)22-11-13-23(27)14-12-22/h2,4-5,8-9,11-14,16,19-20,28H,3,6-7,10,15,17-18H2,1H3,(H,29,30)/b19-16+. The lowest BCUT2D eigenvalue weighted by atomic mass is 10.1. The smallest absolute Gasteiger partial charge is 0.233 e. The molecule has 186 valence electrons. The van der Waals surface area contributed by atoms with Crippen LogP contribution < -0.4 is 4.72 Å². The molecule has 0 unspecified atom stereocenters. The van der Waals surface area contributed by atoms with Crippen LogP contribution in [0.15, 0.2) is 66.1 Å². The lowest BCUT2D eigenvalue weighted by Gasteiger charge is -2.17. The predicted molar refractivity (Wildman–Crippen MR) is 136 cm³/mol. The summed E-state index contributed by atoms with van der Waals surface area (Å²) in [6.07, 6.45) is 5.20. The third kappa shape index (κ3) is 9.11. The maximum atomic E-state index is 13.1. The minimum atomic E-state index is -3.60. The Kier molecular flexibility index (Phi) is 9.75. The quantitative estimate of drug-likeness (QED) is 0.342. The van der Waals surface area contributed by atoms with Crippen LogP contribution in [0.3, 0.4) is 0 Å². The molecule has 1 heterocycles. The van der Waals surface area contributed by atoms with Gasteiger partial charge < -0.3 is 4.90 Å². The first-order chi connectivity index (χ1) is 16.8. The average molecular weight is 499 g/mol. The van der Waals surface area contributed by atoms with Crippen molar-refractivity contribution in [1.82, 2.24) is 19.8 Å². The molecule has 0 aliphatic carbocycles. The van der Waals surface area contributed by atoms with E-state index in [9.17, 15) is 17.6 Å². The van der Waals surface area contributed by atoms with Crippen molar-refractivity contribution in [3.63, 3.8) is 0 Å². The third-order valence-corrected chi connectivity index (χ3v) is 6.62. The second kappa shape index (κ2) is 13.0. The number of benzene rings is 2. The normalized spacial score (nSPS) is 11.7. The number of H-pyrrole nitrogens is 1. The Hall–Kier alpha value is -3.30. The van der Waals surface area contributed by atoms with Crippen LogP contribution in [-0.2, 0) is 21.2 Å². The number of sulfonamides is 1. The van der Waals surface area contributed by atoms with Crippen LogP contribution in [0.2, 0.25) is 0 Å². The van der Waals surface area contributed by atoms with Crippen molar-refractivity contribution in [2.45, 2.75) is 32.1 Å². The van der Waals surface area contributed by atoms with Crippen molar-refractivity contribution in [1.29, 1.82) is 0 Å². The van der Waals surface area contributed by atoms with Crippen LogP contribution >= 0.6 is 0 Å². The van der Waals surface area contributed by atoms with E-state index in [1.165, 1.54) is 18.2 Å². The van der Waals surface area contributed by atoms with E-state index in [0.717, 1.165) is 53.6 Å². The highest BCUT2D eigenvalue weighted by molar-refractivity contribution is 7.92. The Morgan fingerprint density at radius 3 is 2.57 bits per heavy atom. The zero-order valence-corrected chi connectivity index (χ0v) is 20.6. The Morgan fingerprint density at radius 1 is 1.09 bits per heavy atom. The SMILES string of the molecule is CN(CCCCCc1cc(-c2ccc(F)cc2)n[nH]1)C(=O)CCNS(=O)(=O)/C=C/c1ccccc1. The Balaban J connectivity index is 1.30. The molecule has 0 bridgehead atoms. The lowest BCUT2D eigenvalue weighted by Crippen LogP contribution is -2.32. The molecule has 2 N–H and O–H groups in total. The summed E-state index contributed by atoms with van der Waals surface area (Å²) >= 11 is 0. The van der Waals surface area contributed by atoms with E-state index < -0.39 is 10.0 Å². The van der Waals surface area contributed by atoms with Crippen molar-refractivity contribution in [3.05, 3.63) is 83.1 Å². The van der Waals surface area contributed by atoms with E-state index in [4.69, 9.17) is 0 Å². The third-order valence-electron chi connectivity index (χ3n) is 5.52. The van der Waals surface area contributed by atoms with Gasteiger partial charge in [0, 0.05) is 43.2 Å². The molecule has 0 saturated heterocycles. The number of aromatic amines is 1.